The average Bonchev–Trinajstić information content (AvgIpc) is 3.47. The Morgan fingerprint density at radius 2 is 1.83 bits per heavy atom. The first-order chi connectivity index (χ1) is 20.3. The van der Waals surface area contributed by atoms with Crippen LogP contribution in [0.3, 0.4) is 0 Å². The predicted octanol–water partition coefficient (Wildman–Crippen LogP) is 4.87. The molecular weight excluding hydrogens is 552 g/mol. The van der Waals surface area contributed by atoms with Crippen molar-refractivity contribution in [1.29, 1.82) is 0 Å². The molecule has 0 bridgehead atoms. The quantitative estimate of drug-likeness (QED) is 0.264. The first kappa shape index (κ1) is 27.4. The highest BCUT2D eigenvalue weighted by Gasteiger charge is 2.24. The lowest BCUT2D eigenvalue weighted by Gasteiger charge is -2.24. The Morgan fingerprint density at radius 1 is 1.02 bits per heavy atom. The maximum Gasteiger partial charge on any atom is 0.263 e. The number of anilines is 1. The number of H-pyrrole nitrogens is 1. The molecule has 0 fully saturated rings. The first-order valence-corrected chi connectivity index (χ1v) is 13.9. The fourth-order valence-electron chi connectivity index (χ4n) is 5.20. The lowest BCUT2D eigenvalue weighted by molar-refractivity contribution is 0.373. The molecule has 212 valence electrons. The number of likely N-dealkylation sites (N-methyl/N-ethyl adjacent to an activating group) is 1. The van der Waals surface area contributed by atoms with Crippen LogP contribution in [0.25, 0.3) is 38.6 Å². The van der Waals surface area contributed by atoms with Gasteiger partial charge in [-0.2, -0.15) is 5.10 Å². The molecule has 0 saturated carbocycles. The Morgan fingerprint density at radius 3 is 2.62 bits per heavy atom. The average molecular weight is 581 g/mol. The van der Waals surface area contributed by atoms with Crippen LogP contribution in [-0.4, -0.2) is 54.8 Å². The second kappa shape index (κ2) is 11.2. The van der Waals surface area contributed by atoms with Crippen molar-refractivity contribution in [2.75, 3.05) is 26.0 Å². The summed E-state index contributed by atoms with van der Waals surface area (Å²) in [7, 11) is 4.03. The van der Waals surface area contributed by atoms with Crippen LogP contribution >= 0.6 is 11.6 Å². The van der Waals surface area contributed by atoms with E-state index in [-0.39, 0.29) is 11.0 Å². The summed E-state index contributed by atoms with van der Waals surface area (Å²) < 4.78 is 3.51. The van der Waals surface area contributed by atoms with Crippen LogP contribution in [0.15, 0.2) is 89.1 Å². The van der Waals surface area contributed by atoms with Crippen molar-refractivity contribution in [3.05, 3.63) is 111 Å². The number of pyridine rings is 2. The van der Waals surface area contributed by atoms with Crippen molar-refractivity contribution in [3.8, 4) is 16.8 Å². The number of rotatable bonds is 8. The molecule has 0 amide bonds. The molecule has 0 saturated heterocycles. The predicted molar refractivity (Wildman–Crippen MR) is 167 cm³/mol. The number of hydrogen-bond acceptors (Lipinski definition) is 7. The summed E-state index contributed by atoms with van der Waals surface area (Å²) in [5.74, 6) is 0.344. The van der Waals surface area contributed by atoms with Crippen molar-refractivity contribution in [2.45, 2.75) is 19.5 Å². The van der Waals surface area contributed by atoms with E-state index >= 15 is 0 Å². The van der Waals surface area contributed by atoms with Gasteiger partial charge in [0.05, 0.1) is 34.9 Å². The second-order valence-electron chi connectivity index (χ2n) is 10.4. The van der Waals surface area contributed by atoms with Crippen molar-refractivity contribution >= 4 is 39.2 Å². The normalized spacial score (nSPS) is 12.3. The number of fused-ring (bicyclic) bond motifs is 2. The maximum absolute atomic E-state index is 14.5. The number of nitrogens with one attached hydrogen (secondary N) is 2. The van der Waals surface area contributed by atoms with E-state index in [4.69, 9.17) is 11.6 Å². The summed E-state index contributed by atoms with van der Waals surface area (Å²) in [6, 6.07) is 16.0. The Kier molecular flexibility index (Phi) is 7.32. The highest BCUT2D eigenvalue weighted by molar-refractivity contribution is 6.36. The van der Waals surface area contributed by atoms with Gasteiger partial charge in [0.25, 0.3) is 5.56 Å². The van der Waals surface area contributed by atoms with Crippen LogP contribution in [-0.2, 0) is 6.54 Å². The zero-order valence-electron chi connectivity index (χ0n) is 23.4. The van der Waals surface area contributed by atoms with Crippen LogP contribution in [0.2, 0.25) is 5.02 Å². The summed E-state index contributed by atoms with van der Waals surface area (Å²) in [4.78, 5) is 40.8. The third-order valence-electron chi connectivity index (χ3n) is 7.23. The highest BCUT2D eigenvalue weighted by atomic mass is 35.5. The minimum atomic E-state index is -0.523. The molecule has 10 nitrogen and oxygen atoms in total. The summed E-state index contributed by atoms with van der Waals surface area (Å²) in [5.41, 5.74) is 2.76. The van der Waals surface area contributed by atoms with Gasteiger partial charge >= 0.3 is 0 Å². The monoisotopic (exact) mass is 580 g/mol. The first-order valence-electron chi connectivity index (χ1n) is 13.5. The molecule has 4 heterocycles. The van der Waals surface area contributed by atoms with E-state index in [2.05, 4.69) is 30.3 Å². The molecule has 0 aliphatic heterocycles. The molecule has 0 aliphatic carbocycles. The fourth-order valence-corrected chi connectivity index (χ4v) is 5.60. The van der Waals surface area contributed by atoms with Crippen molar-refractivity contribution in [3.63, 3.8) is 0 Å². The van der Waals surface area contributed by atoms with Gasteiger partial charge in [0.2, 0.25) is 0 Å². The molecule has 6 rings (SSSR count). The number of hydrogen-bond donors (Lipinski definition) is 2. The number of para-hydroxylation sites is 1. The van der Waals surface area contributed by atoms with Crippen molar-refractivity contribution in [2.24, 2.45) is 0 Å². The van der Waals surface area contributed by atoms with Crippen molar-refractivity contribution < 1.29 is 0 Å². The highest BCUT2D eigenvalue weighted by Crippen LogP contribution is 2.36. The third-order valence-corrected chi connectivity index (χ3v) is 7.63. The van der Waals surface area contributed by atoms with Crippen LogP contribution in [0, 0.1) is 0 Å². The smallest absolute Gasteiger partial charge is 0.263 e. The van der Waals surface area contributed by atoms with Crippen LogP contribution < -0.4 is 16.3 Å². The number of aromatic nitrogens is 6. The molecule has 0 aliphatic rings. The van der Waals surface area contributed by atoms with E-state index in [1.165, 1.54) is 12.4 Å². The number of benzene rings is 2. The van der Waals surface area contributed by atoms with Gasteiger partial charge in [0, 0.05) is 41.6 Å². The van der Waals surface area contributed by atoms with Crippen LogP contribution in [0.4, 0.5) is 5.82 Å². The Bertz CT molecular complexity index is 2030. The molecule has 1 atom stereocenters. The van der Waals surface area contributed by atoms with Crippen molar-refractivity contribution in [1.82, 2.24) is 34.2 Å². The number of aromatic amines is 1. The second-order valence-corrected chi connectivity index (χ2v) is 10.7. The van der Waals surface area contributed by atoms with E-state index in [0.717, 1.165) is 24.2 Å². The topological polar surface area (TPSA) is 114 Å². The van der Waals surface area contributed by atoms with Gasteiger partial charge in [-0.05, 0) is 38.7 Å². The number of halogens is 1. The maximum atomic E-state index is 14.5. The zero-order chi connectivity index (χ0) is 29.4. The Hall–Kier alpha value is -4.80. The largest absolute Gasteiger partial charge is 0.361 e. The SMILES string of the molecule is C[C@H](Nc1ncnc2[nH]ccc(=O)c12)c1c(Cl)c2cccc(-c3cnn(CCN(C)C)c3)c2c(=O)n1-c1ccccc1. The molecule has 4 aromatic heterocycles. The van der Waals surface area contributed by atoms with E-state index in [1.54, 1.807) is 17.0 Å². The lowest BCUT2D eigenvalue weighted by atomic mass is 9.99. The molecular formula is C31H29ClN8O2. The molecule has 11 heteroatoms. The van der Waals surface area contributed by atoms with Gasteiger partial charge in [-0.25, -0.2) is 9.97 Å². The summed E-state index contributed by atoms with van der Waals surface area (Å²) in [5, 5.41) is 9.72. The lowest BCUT2D eigenvalue weighted by Crippen LogP contribution is -2.27. The Labute approximate surface area is 246 Å². The van der Waals surface area contributed by atoms with E-state index in [0.29, 0.717) is 44.0 Å². The standard InChI is InChI=1S/C31H29ClN8O2/c1-19(37-30-26-24(41)12-13-33-29(26)34-18-35-30)28-27(32)23-11-7-10-22(20-16-36-39(17-20)15-14-38(2)3)25(23)31(42)40(28)21-8-5-4-6-9-21/h4-13,16-19H,14-15H2,1-3H3,(H2,33,34,35,37,41)/t19-/m0/s1. The van der Waals surface area contributed by atoms with E-state index < -0.39 is 6.04 Å². The van der Waals surface area contributed by atoms with Crippen LogP contribution in [0.5, 0.6) is 0 Å². The molecule has 0 unspecified atom stereocenters. The minimum absolute atomic E-state index is 0.216. The van der Waals surface area contributed by atoms with Gasteiger partial charge in [-0.1, -0.05) is 48.0 Å². The number of nitrogens with zero attached hydrogens (tertiary/aromatic N) is 6. The van der Waals surface area contributed by atoms with Gasteiger partial charge in [0.1, 0.15) is 23.2 Å². The molecule has 0 spiro atoms. The summed E-state index contributed by atoms with van der Waals surface area (Å²) >= 11 is 7.20. The van der Waals surface area contributed by atoms with E-state index in [1.807, 2.05) is 80.4 Å². The molecule has 6 aromatic rings. The van der Waals surface area contributed by atoms with E-state index in [9.17, 15) is 9.59 Å². The summed E-state index contributed by atoms with van der Waals surface area (Å²) in [6.45, 7) is 3.45. The summed E-state index contributed by atoms with van der Waals surface area (Å²) in [6.07, 6.45) is 6.65. The molecule has 0 radical (unpaired) electrons. The zero-order valence-corrected chi connectivity index (χ0v) is 24.1. The molecule has 2 aromatic carbocycles. The molecule has 2 N–H and O–H groups in total. The fraction of sp³-hybridized carbons (Fsp3) is 0.194. The Balaban J connectivity index is 1.55. The third kappa shape index (κ3) is 4.95. The van der Waals surface area contributed by atoms with Crippen LogP contribution in [0.1, 0.15) is 18.7 Å². The van der Waals surface area contributed by atoms with Gasteiger partial charge in [-0.15, -0.1) is 0 Å². The minimum Gasteiger partial charge on any atom is -0.361 e. The molecule has 42 heavy (non-hydrogen) atoms. The van der Waals surface area contributed by atoms with Gasteiger partial charge < -0.3 is 15.2 Å². The van der Waals surface area contributed by atoms with Gasteiger partial charge in [-0.3, -0.25) is 18.8 Å². The van der Waals surface area contributed by atoms with Gasteiger partial charge in [0.15, 0.2) is 5.43 Å².